The number of fused-ring (bicyclic) bond motifs is 1. The highest BCUT2D eigenvalue weighted by molar-refractivity contribution is 6.42. The van der Waals surface area contributed by atoms with Crippen molar-refractivity contribution in [1.82, 2.24) is 10.2 Å². The summed E-state index contributed by atoms with van der Waals surface area (Å²) in [7, 11) is 0. The van der Waals surface area contributed by atoms with Crippen molar-refractivity contribution in [3.05, 3.63) is 68.7 Å². The van der Waals surface area contributed by atoms with Crippen LogP contribution in [0.5, 0.6) is 0 Å². The number of likely N-dealkylation sites (tertiary alicyclic amines) is 1. The van der Waals surface area contributed by atoms with Crippen LogP contribution in [0.15, 0.2) is 36.4 Å². The number of ketones is 1. The minimum absolute atomic E-state index is 0.135. The molecule has 1 saturated heterocycles. The zero-order chi connectivity index (χ0) is 20.4. The number of halogens is 2. The Labute approximate surface area is 181 Å². The normalized spacial score (nSPS) is 22.3. The van der Waals surface area contributed by atoms with E-state index >= 15 is 0 Å². The summed E-state index contributed by atoms with van der Waals surface area (Å²) in [5, 5.41) is 14.4. The molecule has 0 amide bonds. The van der Waals surface area contributed by atoms with Gasteiger partial charge in [0.05, 0.1) is 22.2 Å². The fourth-order valence-corrected chi connectivity index (χ4v) is 4.87. The lowest BCUT2D eigenvalue weighted by atomic mass is 9.89. The number of β-amino-alcohol motifs (C(OH)–C–C–N with tert-alkyl or cyclic N) is 1. The van der Waals surface area contributed by atoms with Crippen molar-refractivity contribution in [2.45, 2.75) is 44.4 Å². The van der Waals surface area contributed by atoms with Crippen LogP contribution in [0.25, 0.3) is 0 Å². The van der Waals surface area contributed by atoms with E-state index in [1.165, 1.54) is 5.56 Å². The van der Waals surface area contributed by atoms with Gasteiger partial charge in [0.1, 0.15) is 0 Å². The molecule has 2 unspecified atom stereocenters. The molecular weight excluding hydrogens is 407 g/mol. The summed E-state index contributed by atoms with van der Waals surface area (Å²) in [6.07, 6.45) is 2.72. The van der Waals surface area contributed by atoms with Crippen LogP contribution in [0.2, 0.25) is 10.0 Å². The lowest BCUT2D eigenvalue weighted by molar-refractivity contribution is -0.120. The van der Waals surface area contributed by atoms with E-state index < -0.39 is 0 Å². The Morgan fingerprint density at radius 2 is 2.03 bits per heavy atom. The molecule has 2 heterocycles. The molecule has 0 bridgehead atoms. The molecule has 2 N–H and O–H groups in total. The lowest BCUT2D eigenvalue weighted by Crippen LogP contribution is -2.38. The van der Waals surface area contributed by atoms with Gasteiger partial charge in [0.2, 0.25) is 0 Å². The summed E-state index contributed by atoms with van der Waals surface area (Å²) < 4.78 is 0. The van der Waals surface area contributed by atoms with Crippen LogP contribution in [-0.4, -0.2) is 41.5 Å². The second kappa shape index (κ2) is 9.15. The summed E-state index contributed by atoms with van der Waals surface area (Å²) in [6.45, 7) is 2.92. The monoisotopic (exact) mass is 432 g/mol. The van der Waals surface area contributed by atoms with E-state index in [2.05, 4.69) is 16.3 Å². The first kappa shape index (κ1) is 20.8. The van der Waals surface area contributed by atoms with Crippen LogP contribution in [0.3, 0.4) is 0 Å². The maximum absolute atomic E-state index is 13.2. The van der Waals surface area contributed by atoms with E-state index in [1.54, 1.807) is 6.07 Å². The third-order valence-corrected chi connectivity index (χ3v) is 6.79. The molecule has 154 valence electrons. The van der Waals surface area contributed by atoms with Crippen molar-refractivity contribution in [2.24, 2.45) is 0 Å². The Morgan fingerprint density at radius 1 is 1.21 bits per heavy atom. The molecule has 0 saturated carbocycles. The second-order valence-corrected chi connectivity index (χ2v) is 8.79. The number of carbonyl (C=O) groups excluding carboxylic acids is 1. The predicted octanol–water partition coefficient (Wildman–Crippen LogP) is 3.95. The van der Waals surface area contributed by atoms with Gasteiger partial charge in [-0.2, -0.15) is 0 Å². The van der Waals surface area contributed by atoms with Gasteiger partial charge >= 0.3 is 0 Å². The van der Waals surface area contributed by atoms with E-state index in [-0.39, 0.29) is 17.9 Å². The predicted molar refractivity (Wildman–Crippen MR) is 117 cm³/mol. The van der Waals surface area contributed by atoms with Crippen molar-refractivity contribution >= 4 is 29.0 Å². The standard InChI is InChI=1S/C23H26Cl2N2O2/c24-20-8-7-16(19(22(20)25)14-27-11-3-5-17(28)13-27)12-21(29)23-18-6-2-1-4-15(18)9-10-26-23/h1-2,4,6-8,17,23,26,28H,3,5,9-14H2. The Hall–Kier alpha value is -1.43. The van der Waals surface area contributed by atoms with Crippen molar-refractivity contribution in [2.75, 3.05) is 19.6 Å². The van der Waals surface area contributed by atoms with Crippen molar-refractivity contribution < 1.29 is 9.90 Å². The van der Waals surface area contributed by atoms with E-state index in [0.717, 1.165) is 49.0 Å². The van der Waals surface area contributed by atoms with Gasteiger partial charge < -0.3 is 10.4 Å². The number of hydrogen-bond acceptors (Lipinski definition) is 4. The first-order valence-corrected chi connectivity index (χ1v) is 11.0. The Morgan fingerprint density at radius 3 is 2.86 bits per heavy atom. The number of rotatable bonds is 5. The van der Waals surface area contributed by atoms with Crippen LogP contribution in [0.4, 0.5) is 0 Å². The molecule has 1 fully saturated rings. The number of piperidine rings is 1. The average Bonchev–Trinajstić information content (AvgIpc) is 2.73. The summed E-state index contributed by atoms with van der Waals surface area (Å²) in [5.41, 5.74) is 4.12. The number of hydrogen-bond donors (Lipinski definition) is 2. The Bertz CT molecular complexity index is 902. The van der Waals surface area contributed by atoms with E-state index in [0.29, 0.717) is 29.6 Å². The number of nitrogens with one attached hydrogen (secondary N) is 1. The summed E-state index contributed by atoms with van der Waals surface area (Å²) in [4.78, 5) is 15.4. The molecule has 2 aromatic carbocycles. The SMILES string of the molecule is O=C(Cc1ccc(Cl)c(Cl)c1CN1CCCC(O)C1)C1NCCc2ccccc21. The highest BCUT2D eigenvalue weighted by Gasteiger charge is 2.27. The maximum atomic E-state index is 13.2. The van der Waals surface area contributed by atoms with E-state index in [1.807, 2.05) is 24.3 Å². The fourth-order valence-electron chi connectivity index (χ4n) is 4.45. The van der Waals surface area contributed by atoms with Crippen molar-refractivity contribution in [3.63, 3.8) is 0 Å². The number of benzene rings is 2. The number of carbonyl (C=O) groups is 1. The molecule has 0 aromatic heterocycles. The van der Waals surface area contributed by atoms with Gasteiger partial charge in [0.25, 0.3) is 0 Å². The van der Waals surface area contributed by atoms with Crippen LogP contribution in [0.1, 0.15) is 41.1 Å². The van der Waals surface area contributed by atoms with Crippen molar-refractivity contribution in [3.8, 4) is 0 Å². The average molecular weight is 433 g/mol. The van der Waals surface area contributed by atoms with Crippen molar-refractivity contribution in [1.29, 1.82) is 0 Å². The molecule has 4 rings (SSSR count). The summed E-state index contributed by atoms with van der Waals surface area (Å²) in [6, 6.07) is 11.5. The van der Waals surface area contributed by atoms with Gasteiger partial charge in [-0.3, -0.25) is 9.69 Å². The summed E-state index contributed by atoms with van der Waals surface area (Å²) in [5.74, 6) is 0.135. The smallest absolute Gasteiger partial charge is 0.158 e. The Balaban J connectivity index is 1.57. The van der Waals surface area contributed by atoms with Gasteiger partial charge in [-0.25, -0.2) is 0 Å². The Kier molecular flexibility index (Phi) is 6.57. The van der Waals surface area contributed by atoms with E-state index in [9.17, 15) is 9.90 Å². The quantitative estimate of drug-likeness (QED) is 0.750. The molecule has 0 aliphatic carbocycles. The molecule has 2 aliphatic rings. The molecule has 4 nitrogen and oxygen atoms in total. The third kappa shape index (κ3) is 4.68. The molecule has 0 spiro atoms. The zero-order valence-corrected chi connectivity index (χ0v) is 17.8. The largest absolute Gasteiger partial charge is 0.392 e. The van der Waals surface area contributed by atoms with Crippen LogP contribution in [-0.2, 0) is 24.2 Å². The van der Waals surface area contributed by atoms with Gasteiger partial charge in [0.15, 0.2) is 5.78 Å². The van der Waals surface area contributed by atoms with Crippen LogP contribution >= 0.6 is 23.2 Å². The lowest BCUT2D eigenvalue weighted by Gasteiger charge is -2.31. The minimum atomic E-state index is -0.310. The van der Waals surface area contributed by atoms with Crippen LogP contribution < -0.4 is 5.32 Å². The molecule has 2 aliphatic heterocycles. The first-order valence-electron chi connectivity index (χ1n) is 10.2. The van der Waals surface area contributed by atoms with Crippen LogP contribution in [0, 0.1) is 0 Å². The molecule has 2 aromatic rings. The third-order valence-electron chi connectivity index (χ3n) is 5.95. The van der Waals surface area contributed by atoms with Gasteiger partial charge in [-0.05, 0) is 54.1 Å². The maximum Gasteiger partial charge on any atom is 0.158 e. The number of aliphatic hydroxyl groups is 1. The molecule has 0 radical (unpaired) electrons. The molecule has 2 atom stereocenters. The van der Waals surface area contributed by atoms with E-state index in [4.69, 9.17) is 23.2 Å². The van der Waals surface area contributed by atoms with Gasteiger partial charge in [0, 0.05) is 26.1 Å². The molecular formula is C23H26Cl2N2O2. The minimum Gasteiger partial charge on any atom is -0.392 e. The molecule has 29 heavy (non-hydrogen) atoms. The van der Waals surface area contributed by atoms with Gasteiger partial charge in [-0.1, -0.05) is 53.5 Å². The summed E-state index contributed by atoms with van der Waals surface area (Å²) >= 11 is 12.8. The first-order chi connectivity index (χ1) is 14.0. The number of nitrogens with zero attached hydrogens (tertiary/aromatic N) is 1. The highest BCUT2D eigenvalue weighted by atomic mass is 35.5. The topological polar surface area (TPSA) is 52.6 Å². The highest BCUT2D eigenvalue weighted by Crippen LogP contribution is 2.32. The number of aliphatic hydroxyl groups excluding tert-OH is 1. The number of Topliss-reactive ketones (excluding diaryl/α,β-unsaturated/α-hetero) is 1. The zero-order valence-electron chi connectivity index (χ0n) is 16.3. The molecule has 6 heteroatoms. The fraction of sp³-hybridized carbons (Fsp3) is 0.435. The van der Waals surface area contributed by atoms with Gasteiger partial charge in [-0.15, -0.1) is 0 Å². The second-order valence-electron chi connectivity index (χ2n) is 8.01.